The maximum atomic E-state index is 12.8. The van der Waals surface area contributed by atoms with Crippen LogP contribution in [0.4, 0.5) is 0 Å². The van der Waals surface area contributed by atoms with Crippen molar-refractivity contribution in [3.05, 3.63) is 23.3 Å². The molecule has 0 bridgehead atoms. The maximum absolute atomic E-state index is 12.8. The van der Waals surface area contributed by atoms with E-state index in [-0.39, 0.29) is 11.9 Å². The summed E-state index contributed by atoms with van der Waals surface area (Å²) in [6.45, 7) is 0.560. The molecule has 1 amide bonds. The Morgan fingerprint density at radius 2 is 1.88 bits per heavy atom. The molecule has 2 fully saturated rings. The first-order valence-electron chi connectivity index (χ1n) is 8.22. The number of nitrogens with zero attached hydrogens (tertiary/aromatic N) is 1. The molecule has 0 spiro atoms. The van der Waals surface area contributed by atoms with Crippen LogP contribution in [0.25, 0.3) is 0 Å². The summed E-state index contributed by atoms with van der Waals surface area (Å²) >= 11 is 0. The highest BCUT2D eigenvalue weighted by atomic mass is 16.5. The number of carbonyl (C=O) groups is 2. The molecule has 0 N–H and O–H groups in total. The van der Waals surface area contributed by atoms with Gasteiger partial charge in [0.25, 0.3) is 5.91 Å². The summed E-state index contributed by atoms with van der Waals surface area (Å²) < 4.78 is 15.7. The van der Waals surface area contributed by atoms with E-state index in [0.29, 0.717) is 35.9 Å². The Morgan fingerprint density at radius 3 is 2.38 bits per heavy atom. The molecule has 1 saturated heterocycles. The Morgan fingerprint density at radius 1 is 1.12 bits per heavy atom. The molecule has 0 radical (unpaired) electrons. The van der Waals surface area contributed by atoms with E-state index < -0.39 is 6.04 Å². The highest BCUT2D eigenvalue weighted by molar-refractivity contribution is 5.98. The molecule has 1 atom stereocenters. The van der Waals surface area contributed by atoms with E-state index in [2.05, 4.69) is 0 Å². The van der Waals surface area contributed by atoms with E-state index in [4.69, 9.17) is 14.2 Å². The second-order valence-corrected chi connectivity index (χ2v) is 6.34. The Kier molecular flexibility index (Phi) is 4.64. The van der Waals surface area contributed by atoms with Crippen molar-refractivity contribution in [2.24, 2.45) is 5.92 Å². The zero-order valence-corrected chi connectivity index (χ0v) is 14.3. The average molecular weight is 333 g/mol. The number of likely N-dealkylation sites (tertiary alicyclic amines) is 1. The lowest BCUT2D eigenvalue weighted by atomic mass is 9.98. The van der Waals surface area contributed by atoms with Gasteiger partial charge in [-0.15, -0.1) is 0 Å². The highest BCUT2D eigenvalue weighted by Gasteiger charge is 2.39. The van der Waals surface area contributed by atoms with Crippen LogP contribution in [0.2, 0.25) is 0 Å². The van der Waals surface area contributed by atoms with E-state index >= 15 is 0 Å². The number of hydrogen-bond donors (Lipinski definition) is 0. The fraction of sp³-hybridized carbons (Fsp3) is 0.556. The number of esters is 1. The predicted molar refractivity (Wildman–Crippen MR) is 87.4 cm³/mol. The van der Waals surface area contributed by atoms with Gasteiger partial charge in [0.05, 0.1) is 21.3 Å². The van der Waals surface area contributed by atoms with Gasteiger partial charge >= 0.3 is 5.97 Å². The van der Waals surface area contributed by atoms with Gasteiger partial charge in [0.15, 0.2) is 11.5 Å². The van der Waals surface area contributed by atoms with Gasteiger partial charge in [-0.3, -0.25) is 4.79 Å². The van der Waals surface area contributed by atoms with E-state index in [0.717, 1.165) is 12.0 Å². The van der Waals surface area contributed by atoms with E-state index in [1.54, 1.807) is 25.2 Å². The molecule has 24 heavy (non-hydrogen) atoms. The predicted octanol–water partition coefficient (Wildman–Crippen LogP) is 2.04. The number of methoxy groups -OCH3 is 3. The molecular weight excluding hydrogens is 310 g/mol. The summed E-state index contributed by atoms with van der Waals surface area (Å²) in [6, 6.07) is 3.07. The first kappa shape index (κ1) is 16.6. The van der Waals surface area contributed by atoms with Crippen molar-refractivity contribution in [3.8, 4) is 11.5 Å². The molecule has 3 rings (SSSR count). The Hall–Kier alpha value is -2.24. The van der Waals surface area contributed by atoms with Gasteiger partial charge in [0.1, 0.15) is 6.04 Å². The van der Waals surface area contributed by atoms with Crippen molar-refractivity contribution < 1.29 is 23.8 Å². The van der Waals surface area contributed by atoms with Crippen LogP contribution in [0.15, 0.2) is 12.1 Å². The zero-order chi connectivity index (χ0) is 17.3. The summed E-state index contributed by atoms with van der Waals surface area (Å²) in [5.74, 6) is 1.35. The molecule has 1 aliphatic heterocycles. The number of amides is 1. The SMILES string of the molecule is COC(=O)C1CCN1C(=O)c1cc(CC2CC2)c(OC)c(OC)c1. The van der Waals surface area contributed by atoms with Crippen LogP contribution in [0.3, 0.4) is 0 Å². The molecule has 1 aromatic carbocycles. The number of hydrogen-bond acceptors (Lipinski definition) is 5. The summed E-state index contributed by atoms with van der Waals surface area (Å²) in [5, 5.41) is 0. The van der Waals surface area contributed by atoms with E-state index in [9.17, 15) is 9.59 Å². The van der Waals surface area contributed by atoms with Crippen LogP contribution in [-0.2, 0) is 16.0 Å². The maximum Gasteiger partial charge on any atom is 0.328 e. The lowest BCUT2D eigenvalue weighted by Crippen LogP contribution is -2.55. The fourth-order valence-corrected chi connectivity index (χ4v) is 3.13. The first-order valence-corrected chi connectivity index (χ1v) is 8.22. The number of rotatable bonds is 6. The third-order valence-electron chi connectivity index (χ3n) is 4.76. The highest BCUT2D eigenvalue weighted by Crippen LogP contribution is 2.40. The first-order chi connectivity index (χ1) is 11.6. The molecule has 1 aromatic rings. The third-order valence-corrected chi connectivity index (χ3v) is 4.76. The standard InChI is InChI=1S/C18H23NO5/c1-22-15-10-13(9-12(16(15)23-2)8-11-4-5-11)17(20)19-7-6-14(19)18(21)24-3/h9-11,14H,4-8H2,1-3H3. The molecule has 2 aliphatic rings. The minimum atomic E-state index is -0.484. The largest absolute Gasteiger partial charge is 0.493 e. The lowest BCUT2D eigenvalue weighted by molar-refractivity contribution is -0.149. The molecule has 0 aromatic heterocycles. The van der Waals surface area contributed by atoms with Crippen molar-refractivity contribution in [1.82, 2.24) is 4.90 Å². The lowest BCUT2D eigenvalue weighted by Gasteiger charge is -2.38. The van der Waals surface area contributed by atoms with E-state index in [1.165, 1.54) is 20.0 Å². The molecule has 6 nitrogen and oxygen atoms in total. The van der Waals surface area contributed by atoms with E-state index in [1.807, 2.05) is 6.07 Å². The Balaban J connectivity index is 1.89. The van der Waals surface area contributed by atoms with Crippen LogP contribution in [0, 0.1) is 5.92 Å². The second kappa shape index (κ2) is 6.71. The molecule has 1 unspecified atom stereocenters. The zero-order valence-electron chi connectivity index (χ0n) is 14.3. The molecule has 6 heteroatoms. The Labute approximate surface area is 141 Å². The van der Waals surface area contributed by atoms with Gasteiger partial charge in [-0.25, -0.2) is 4.79 Å². The van der Waals surface area contributed by atoms with Gasteiger partial charge in [0, 0.05) is 12.1 Å². The van der Waals surface area contributed by atoms with Crippen LogP contribution < -0.4 is 9.47 Å². The minimum absolute atomic E-state index is 0.172. The van der Waals surface area contributed by atoms with Gasteiger partial charge < -0.3 is 19.1 Å². The van der Waals surface area contributed by atoms with Crippen molar-refractivity contribution in [2.45, 2.75) is 31.7 Å². The number of ether oxygens (including phenoxy) is 3. The molecule has 130 valence electrons. The summed E-state index contributed by atoms with van der Waals surface area (Å²) in [6.07, 6.45) is 3.93. The Bertz CT molecular complexity index is 653. The summed E-state index contributed by atoms with van der Waals surface area (Å²) in [5.41, 5.74) is 1.51. The van der Waals surface area contributed by atoms with Crippen LogP contribution in [-0.4, -0.2) is 50.7 Å². The fourth-order valence-electron chi connectivity index (χ4n) is 3.13. The van der Waals surface area contributed by atoms with Crippen LogP contribution in [0.5, 0.6) is 11.5 Å². The molecular formula is C18H23NO5. The molecule has 1 saturated carbocycles. The minimum Gasteiger partial charge on any atom is -0.493 e. The van der Waals surface area contributed by atoms with Crippen molar-refractivity contribution in [3.63, 3.8) is 0 Å². The third kappa shape index (κ3) is 3.05. The molecule has 1 heterocycles. The number of carbonyl (C=O) groups excluding carboxylic acids is 2. The topological polar surface area (TPSA) is 65.1 Å². The summed E-state index contributed by atoms with van der Waals surface area (Å²) in [4.78, 5) is 26.1. The van der Waals surface area contributed by atoms with Crippen molar-refractivity contribution >= 4 is 11.9 Å². The van der Waals surface area contributed by atoms with Crippen molar-refractivity contribution in [2.75, 3.05) is 27.9 Å². The summed E-state index contributed by atoms with van der Waals surface area (Å²) in [7, 11) is 4.51. The average Bonchev–Trinajstić information content (AvgIpc) is 3.36. The monoisotopic (exact) mass is 333 g/mol. The van der Waals surface area contributed by atoms with Crippen LogP contribution in [0.1, 0.15) is 35.2 Å². The van der Waals surface area contributed by atoms with Gasteiger partial charge in [0.2, 0.25) is 0 Å². The van der Waals surface area contributed by atoms with Gasteiger partial charge in [-0.1, -0.05) is 0 Å². The molecule has 1 aliphatic carbocycles. The van der Waals surface area contributed by atoms with Crippen molar-refractivity contribution in [1.29, 1.82) is 0 Å². The quantitative estimate of drug-likeness (QED) is 0.746. The van der Waals surface area contributed by atoms with Crippen LogP contribution >= 0.6 is 0 Å². The van der Waals surface area contributed by atoms with Gasteiger partial charge in [-0.2, -0.15) is 0 Å². The smallest absolute Gasteiger partial charge is 0.328 e. The second-order valence-electron chi connectivity index (χ2n) is 6.34. The normalized spacial score (nSPS) is 19.5. The van der Waals surface area contributed by atoms with Gasteiger partial charge in [-0.05, 0) is 49.3 Å². The number of benzene rings is 1.